The first kappa shape index (κ1) is 11.1. The molecule has 2 rings (SSSR count). The summed E-state index contributed by atoms with van der Waals surface area (Å²) >= 11 is 0. The first-order chi connectivity index (χ1) is 8.40. The summed E-state index contributed by atoms with van der Waals surface area (Å²) in [6.45, 7) is 0. The van der Waals surface area contributed by atoms with E-state index < -0.39 is 0 Å². The first-order valence-corrected chi connectivity index (χ1v) is 5.29. The van der Waals surface area contributed by atoms with E-state index in [1.165, 1.54) is 0 Å². The molecular weight excluding hydrogens is 212 g/mol. The quantitative estimate of drug-likeness (QED) is 0.493. The summed E-state index contributed by atoms with van der Waals surface area (Å²) in [5.41, 5.74) is 4.88. The Morgan fingerprint density at radius 3 is 2.12 bits per heavy atom. The molecule has 0 aliphatic carbocycles. The molecule has 0 aliphatic rings. The van der Waals surface area contributed by atoms with Crippen LogP contribution in [0.2, 0.25) is 0 Å². The van der Waals surface area contributed by atoms with Crippen LogP contribution < -0.4 is 5.43 Å². The highest BCUT2D eigenvalue weighted by atomic mass is 16.1. The van der Waals surface area contributed by atoms with E-state index >= 15 is 0 Å². The van der Waals surface area contributed by atoms with Gasteiger partial charge in [0, 0.05) is 5.56 Å². The summed E-state index contributed by atoms with van der Waals surface area (Å²) in [5.74, 6) is 0. The normalized spacial score (nSPS) is 10.9. The van der Waals surface area contributed by atoms with Gasteiger partial charge in [-0.25, -0.2) is 0 Å². The predicted molar refractivity (Wildman–Crippen MR) is 69.1 cm³/mol. The van der Waals surface area contributed by atoms with E-state index in [0.717, 1.165) is 17.5 Å². The lowest BCUT2D eigenvalue weighted by atomic mass is 10.1. The van der Waals surface area contributed by atoms with E-state index in [-0.39, 0.29) is 0 Å². The minimum absolute atomic E-state index is 0.384. The molecule has 0 saturated carbocycles. The van der Waals surface area contributed by atoms with Crippen molar-refractivity contribution in [1.29, 1.82) is 0 Å². The second-order valence-electron chi connectivity index (χ2n) is 3.46. The zero-order chi connectivity index (χ0) is 11.9. The molecule has 0 fully saturated rings. The van der Waals surface area contributed by atoms with Crippen molar-refractivity contribution < 1.29 is 4.79 Å². The minimum atomic E-state index is 0.384. The minimum Gasteiger partial charge on any atom is -0.296 e. The van der Waals surface area contributed by atoms with Gasteiger partial charge in [0.15, 0.2) is 6.29 Å². The van der Waals surface area contributed by atoms with Gasteiger partial charge in [-0.2, -0.15) is 5.10 Å². The fraction of sp³-hybridized carbons (Fsp3) is 0. The fourth-order valence-electron chi connectivity index (χ4n) is 1.41. The molecule has 0 radical (unpaired) electrons. The van der Waals surface area contributed by atoms with E-state index in [1.807, 2.05) is 60.7 Å². The number of rotatable bonds is 4. The Labute approximate surface area is 99.8 Å². The molecule has 1 N–H and O–H groups in total. The summed E-state index contributed by atoms with van der Waals surface area (Å²) in [5, 5.41) is 4.08. The van der Waals surface area contributed by atoms with Gasteiger partial charge in [0.1, 0.15) is 5.71 Å². The van der Waals surface area contributed by atoms with Crippen molar-refractivity contribution in [2.45, 2.75) is 0 Å². The molecule has 17 heavy (non-hydrogen) atoms. The number of carbonyl (C=O) groups excluding carboxylic acids is 1. The van der Waals surface area contributed by atoms with Crippen LogP contribution in [0, 0.1) is 0 Å². The Bertz CT molecular complexity index is 506. The SMILES string of the molecule is O=CC(=NNc1ccccc1)c1ccccc1. The molecule has 0 unspecified atom stereocenters. The van der Waals surface area contributed by atoms with Gasteiger partial charge in [-0.05, 0) is 12.1 Å². The Morgan fingerprint density at radius 2 is 1.53 bits per heavy atom. The lowest BCUT2D eigenvalue weighted by Gasteiger charge is -2.02. The molecule has 3 nitrogen and oxygen atoms in total. The number of hydrogen-bond donors (Lipinski definition) is 1. The van der Waals surface area contributed by atoms with Crippen LogP contribution in [0.3, 0.4) is 0 Å². The van der Waals surface area contributed by atoms with Crippen molar-refractivity contribution >= 4 is 17.7 Å². The van der Waals surface area contributed by atoms with Crippen molar-refractivity contribution in [2.24, 2.45) is 5.10 Å². The number of anilines is 1. The van der Waals surface area contributed by atoms with Gasteiger partial charge < -0.3 is 0 Å². The Balaban J connectivity index is 2.17. The average Bonchev–Trinajstić information content (AvgIpc) is 2.42. The summed E-state index contributed by atoms with van der Waals surface area (Å²) < 4.78 is 0. The molecule has 3 heteroatoms. The lowest BCUT2D eigenvalue weighted by molar-refractivity contribution is -0.102. The van der Waals surface area contributed by atoms with E-state index in [0.29, 0.717) is 5.71 Å². The highest BCUT2D eigenvalue weighted by Crippen LogP contribution is 2.06. The van der Waals surface area contributed by atoms with Gasteiger partial charge in [-0.3, -0.25) is 10.2 Å². The molecule has 0 saturated heterocycles. The van der Waals surface area contributed by atoms with Gasteiger partial charge in [0.05, 0.1) is 5.69 Å². The third kappa shape index (κ3) is 3.01. The van der Waals surface area contributed by atoms with Crippen LogP contribution in [-0.2, 0) is 4.79 Å². The van der Waals surface area contributed by atoms with Crippen molar-refractivity contribution in [3.63, 3.8) is 0 Å². The average molecular weight is 224 g/mol. The van der Waals surface area contributed by atoms with Crippen molar-refractivity contribution in [2.75, 3.05) is 5.43 Å². The van der Waals surface area contributed by atoms with Crippen LogP contribution in [0.1, 0.15) is 5.56 Å². The molecule has 0 heterocycles. The molecule has 0 amide bonds. The van der Waals surface area contributed by atoms with Crippen LogP contribution >= 0.6 is 0 Å². The highest BCUT2D eigenvalue weighted by Gasteiger charge is 2.00. The van der Waals surface area contributed by atoms with Crippen LogP contribution in [-0.4, -0.2) is 12.0 Å². The van der Waals surface area contributed by atoms with E-state index in [2.05, 4.69) is 10.5 Å². The van der Waals surface area contributed by atoms with Gasteiger partial charge in [-0.1, -0.05) is 48.5 Å². The van der Waals surface area contributed by atoms with E-state index in [9.17, 15) is 4.79 Å². The molecule has 2 aromatic carbocycles. The maximum Gasteiger partial charge on any atom is 0.170 e. The van der Waals surface area contributed by atoms with Crippen LogP contribution in [0.4, 0.5) is 5.69 Å². The Kier molecular flexibility index (Phi) is 3.65. The Morgan fingerprint density at radius 1 is 0.941 bits per heavy atom. The summed E-state index contributed by atoms with van der Waals surface area (Å²) in [6.07, 6.45) is 0.741. The number of aldehydes is 1. The largest absolute Gasteiger partial charge is 0.296 e. The van der Waals surface area contributed by atoms with Crippen molar-refractivity contribution in [1.82, 2.24) is 0 Å². The van der Waals surface area contributed by atoms with E-state index in [1.54, 1.807) is 0 Å². The molecule has 0 bridgehead atoms. The van der Waals surface area contributed by atoms with Gasteiger partial charge in [0.2, 0.25) is 0 Å². The molecule has 84 valence electrons. The lowest BCUT2D eigenvalue weighted by Crippen LogP contribution is -2.05. The number of benzene rings is 2. The molecule has 0 atom stereocenters. The molecule has 0 spiro atoms. The summed E-state index contributed by atoms with van der Waals surface area (Å²) in [6, 6.07) is 18.8. The van der Waals surface area contributed by atoms with Gasteiger partial charge in [-0.15, -0.1) is 0 Å². The number of para-hydroxylation sites is 1. The smallest absolute Gasteiger partial charge is 0.170 e. The summed E-state index contributed by atoms with van der Waals surface area (Å²) in [4.78, 5) is 11.0. The molecule has 0 aliphatic heterocycles. The van der Waals surface area contributed by atoms with Crippen LogP contribution in [0.15, 0.2) is 65.8 Å². The molecular formula is C14H12N2O. The number of hydrogen-bond acceptors (Lipinski definition) is 3. The second kappa shape index (κ2) is 5.61. The van der Waals surface area contributed by atoms with Crippen molar-refractivity contribution in [3.05, 3.63) is 66.2 Å². The predicted octanol–water partition coefficient (Wildman–Crippen LogP) is 2.70. The third-order valence-corrected chi connectivity index (χ3v) is 2.26. The number of hydrazone groups is 1. The highest BCUT2D eigenvalue weighted by molar-refractivity contribution is 6.36. The van der Waals surface area contributed by atoms with Crippen molar-refractivity contribution in [3.8, 4) is 0 Å². The number of nitrogens with zero attached hydrogens (tertiary/aromatic N) is 1. The van der Waals surface area contributed by atoms with Gasteiger partial charge in [0.25, 0.3) is 0 Å². The monoisotopic (exact) mass is 224 g/mol. The first-order valence-electron chi connectivity index (χ1n) is 5.29. The maximum absolute atomic E-state index is 11.0. The van der Waals surface area contributed by atoms with Crippen LogP contribution in [0.25, 0.3) is 0 Å². The fourth-order valence-corrected chi connectivity index (χ4v) is 1.41. The topological polar surface area (TPSA) is 41.5 Å². The Hall–Kier alpha value is -2.42. The number of nitrogens with one attached hydrogen (secondary N) is 1. The number of carbonyl (C=O) groups is 1. The summed E-state index contributed by atoms with van der Waals surface area (Å²) in [7, 11) is 0. The molecule has 0 aromatic heterocycles. The third-order valence-electron chi connectivity index (χ3n) is 2.26. The van der Waals surface area contributed by atoms with Gasteiger partial charge >= 0.3 is 0 Å². The molecule has 2 aromatic rings. The standard InChI is InChI=1S/C14H12N2O/c17-11-14(12-7-3-1-4-8-12)16-15-13-9-5-2-6-10-13/h1-11,15H. The van der Waals surface area contributed by atoms with Crippen LogP contribution in [0.5, 0.6) is 0 Å². The zero-order valence-electron chi connectivity index (χ0n) is 9.21. The second-order valence-corrected chi connectivity index (χ2v) is 3.46. The zero-order valence-corrected chi connectivity index (χ0v) is 9.21. The maximum atomic E-state index is 11.0. The van der Waals surface area contributed by atoms with E-state index in [4.69, 9.17) is 0 Å².